The van der Waals surface area contributed by atoms with E-state index in [-0.39, 0.29) is 16.9 Å². The van der Waals surface area contributed by atoms with Gasteiger partial charge in [0.25, 0.3) is 5.79 Å². The third-order valence-electron chi connectivity index (χ3n) is 3.49. The molecule has 0 fully saturated rings. The zero-order valence-electron chi connectivity index (χ0n) is 10.5. The Hall–Kier alpha value is -1.92. The van der Waals surface area contributed by atoms with Crippen LogP contribution < -0.4 is 4.74 Å². The van der Waals surface area contributed by atoms with Crippen molar-refractivity contribution in [2.45, 2.75) is 17.7 Å². The number of aliphatic hydroxyl groups is 4. The van der Waals surface area contributed by atoms with Gasteiger partial charge in [-0.1, -0.05) is 42.5 Å². The minimum absolute atomic E-state index is 0.00751. The Balaban J connectivity index is 2.17. The van der Waals surface area contributed by atoms with Crippen LogP contribution in [0.1, 0.15) is 11.1 Å². The molecule has 0 aliphatic carbocycles. The van der Waals surface area contributed by atoms with E-state index in [9.17, 15) is 20.4 Å². The number of fused-ring (bicyclic) bond motifs is 1. The Morgan fingerprint density at radius 1 is 0.850 bits per heavy atom. The van der Waals surface area contributed by atoms with E-state index in [1.807, 2.05) is 0 Å². The summed E-state index contributed by atoms with van der Waals surface area (Å²) in [6.45, 7) is 0. The molecule has 0 bridgehead atoms. The maximum Gasteiger partial charge on any atom is 0.266 e. The number of hydrogen-bond acceptors (Lipinski definition) is 5. The summed E-state index contributed by atoms with van der Waals surface area (Å²) in [6, 6.07) is 14.3. The van der Waals surface area contributed by atoms with Gasteiger partial charge in [0.05, 0.1) is 5.56 Å². The molecule has 0 saturated heterocycles. The standard InChI is InChI=1S/C15H14O5/c16-13-14(17,18)11-8-4-5-9-12(11)20-15(13,19)10-6-2-1-3-7-10/h1-9,13,16-19H. The maximum absolute atomic E-state index is 10.6. The van der Waals surface area contributed by atoms with Crippen molar-refractivity contribution in [2.75, 3.05) is 0 Å². The van der Waals surface area contributed by atoms with E-state index in [1.165, 1.54) is 24.3 Å². The Morgan fingerprint density at radius 2 is 1.45 bits per heavy atom. The van der Waals surface area contributed by atoms with Crippen molar-refractivity contribution in [3.63, 3.8) is 0 Å². The molecular weight excluding hydrogens is 260 g/mol. The van der Waals surface area contributed by atoms with Crippen LogP contribution >= 0.6 is 0 Å². The summed E-state index contributed by atoms with van der Waals surface area (Å²) in [7, 11) is 0. The molecule has 20 heavy (non-hydrogen) atoms. The molecule has 2 aromatic rings. The van der Waals surface area contributed by atoms with Gasteiger partial charge in [-0.05, 0) is 12.1 Å². The highest BCUT2D eigenvalue weighted by Crippen LogP contribution is 2.45. The Bertz CT molecular complexity index is 625. The highest BCUT2D eigenvalue weighted by molar-refractivity contribution is 5.42. The van der Waals surface area contributed by atoms with Gasteiger partial charge in [-0.25, -0.2) is 0 Å². The topological polar surface area (TPSA) is 90.2 Å². The lowest BCUT2D eigenvalue weighted by atomic mass is 9.86. The second-order valence-electron chi connectivity index (χ2n) is 4.79. The van der Waals surface area contributed by atoms with Gasteiger partial charge in [0.15, 0.2) is 6.10 Å². The van der Waals surface area contributed by atoms with Crippen molar-refractivity contribution in [1.29, 1.82) is 0 Å². The summed E-state index contributed by atoms with van der Waals surface area (Å²) in [4.78, 5) is 0. The van der Waals surface area contributed by atoms with Gasteiger partial charge < -0.3 is 25.2 Å². The molecule has 0 spiro atoms. The van der Waals surface area contributed by atoms with Crippen LogP contribution in [0.25, 0.3) is 0 Å². The normalized spacial score (nSPS) is 27.5. The predicted molar refractivity (Wildman–Crippen MR) is 69.5 cm³/mol. The van der Waals surface area contributed by atoms with Gasteiger partial charge in [-0.2, -0.15) is 0 Å². The van der Waals surface area contributed by atoms with Crippen LogP contribution in [0.15, 0.2) is 54.6 Å². The summed E-state index contributed by atoms with van der Waals surface area (Å²) < 4.78 is 5.44. The molecule has 0 saturated carbocycles. The van der Waals surface area contributed by atoms with E-state index >= 15 is 0 Å². The second-order valence-corrected chi connectivity index (χ2v) is 4.79. The fraction of sp³-hybridized carbons (Fsp3) is 0.200. The lowest BCUT2D eigenvalue weighted by Gasteiger charge is -2.44. The van der Waals surface area contributed by atoms with Crippen LogP contribution in [-0.2, 0) is 11.6 Å². The SMILES string of the molecule is OC1C(O)(O)c2ccccc2OC1(O)c1ccccc1. The highest BCUT2D eigenvalue weighted by Gasteiger charge is 2.57. The summed E-state index contributed by atoms with van der Waals surface area (Å²) in [5, 5.41) is 41.1. The van der Waals surface area contributed by atoms with Gasteiger partial charge in [0.2, 0.25) is 5.79 Å². The first-order chi connectivity index (χ1) is 9.46. The van der Waals surface area contributed by atoms with Crippen LogP contribution in [0, 0.1) is 0 Å². The third kappa shape index (κ3) is 1.72. The monoisotopic (exact) mass is 274 g/mol. The molecule has 1 aliphatic heterocycles. The molecule has 2 aromatic carbocycles. The van der Waals surface area contributed by atoms with E-state index in [4.69, 9.17) is 4.74 Å². The van der Waals surface area contributed by atoms with Gasteiger partial charge in [0.1, 0.15) is 5.75 Å². The van der Waals surface area contributed by atoms with Crippen molar-refractivity contribution in [3.05, 3.63) is 65.7 Å². The van der Waals surface area contributed by atoms with E-state index in [0.29, 0.717) is 0 Å². The molecule has 5 nitrogen and oxygen atoms in total. The summed E-state index contributed by atoms with van der Waals surface area (Å²) in [6.07, 6.45) is -1.95. The Kier molecular flexibility index (Phi) is 2.81. The zero-order chi connectivity index (χ0) is 14.4. The first-order valence-electron chi connectivity index (χ1n) is 6.15. The van der Waals surface area contributed by atoms with Crippen molar-refractivity contribution in [3.8, 4) is 5.75 Å². The fourth-order valence-corrected chi connectivity index (χ4v) is 2.40. The van der Waals surface area contributed by atoms with Crippen LogP contribution in [-0.4, -0.2) is 26.5 Å². The molecule has 2 atom stereocenters. The quantitative estimate of drug-likeness (QED) is 0.566. The molecule has 1 heterocycles. The summed E-state index contributed by atoms with van der Waals surface area (Å²) >= 11 is 0. The largest absolute Gasteiger partial charge is 0.455 e. The van der Waals surface area contributed by atoms with Crippen molar-refractivity contribution >= 4 is 0 Å². The van der Waals surface area contributed by atoms with Crippen molar-refractivity contribution < 1.29 is 25.2 Å². The number of benzene rings is 2. The van der Waals surface area contributed by atoms with Crippen LogP contribution in [0.4, 0.5) is 0 Å². The van der Waals surface area contributed by atoms with Crippen LogP contribution in [0.5, 0.6) is 5.75 Å². The van der Waals surface area contributed by atoms with E-state index < -0.39 is 17.7 Å². The molecular formula is C15H14O5. The van der Waals surface area contributed by atoms with Gasteiger partial charge in [-0.15, -0.1) is 0 Å². The number of rotatable bonds is 1. The number of ether oxygens (including phenoxy) is 1. The number of aliphatic hydroxyl groups excluding tert-OH is 1. The van der Waals surface area contributed by atoms with E-state index in [2.05, 4.69) is 0 Å². The molecule has 0 radical (unpaired) electrons. The molecule has 5 heteroatoms. The second kappa shape index (κ2) is 4.29. The van der Waals surface area contributed by atoms with Crippen LogP contribution in [0.2, 0.25) is 0 Å². The molecule has 2 unspecified atom stereocenters. The molecule has 3 rings (SSSR count). The van der Waals surface area contributed by atoms with Gasteiger partial charge in [0, 0.05) is 5.56 Å². The van der Waals surface area contributed by atoms with Gasteiger partial charge >= 0.3 is 0 Å². The molecule has 104 valence electrons. The minimum atomic E-state index is -2.61. The summed E-state index contributed by atoms with van der Waals surface area (Å²) in [5.41, 5.74) is 0.239. The minimum Gasteiger partial charge on any atom is -0.455 e. The number of para-hydroxylation sites is 1. The maximum atomic E-state index is 10.6. The summed E-state index contributed by atoms with van der Waals surface area (Å²) in [5.74, 6) is -4.74. The highest BCUT2D eigenvalue weighted by atomic mass is 16.7. The predicted octanol–water partition coefficient (Wildman–Crippen LogP) is 0.423. The van der Waals surface area contributed by atoms with Crippen LogP contribution in [0.3, 0.4) is 0 Å². The fourth-order valence-electron chi connectivity index (χ4n) is 2.40. The Labute approximate surface area is 115 Å². The smallest absolute Gasteiger partial charge is 0.266 e. The molecule has 1 aliphatic rings. The first kappa shape index (κ1) is 13.1. The molecule has 0 amide bonds. The Morgan fingerprint density at radius 3 is 2.15 bits per heavy atom. The average molecular weight is 274 g/mol. The zero-order valence-corrected chi connectivity index (χ0v) is 10.5. The third-order valence-corrected chi connectivity index (χ3v) is 3.49. The van der Waals surface area contributed by atoms with E-state index in [1.54, 1.807) is 30.3 Å². The number of hydrogen-bond donors (Lipinski definition) is 4. The molecule has 4 N–H and O–H groups in total. The van der Waals surface area contributed by atoms with Gasteiger partial charge in [-0.3, -0.25) is 0 Å². The average Bonchev–Trinajstić information content (AvgIpc) is 2.46. The lowest BCUT2D eigenvalue weighted by Crippen LogP contribution is -2.59. The van der Waals surface area contributed by atoms with Crippen molar-refractivity contribution in [1.82, 2.24) is 0 Å². The molecule has 0 aromatic heterocycles. The van der Waals surface area contributed by atoms with E-state index in [0.717, 1.165) is 0 Å². The lowest BCUT2D eigenvalue weighted by molar-refractivity contribution is -0.342. The van der Waals surface area contributed by atoms with Crippen molar-refractivity contribution in [2.24, 2.45) is 0 Å². The first-order valence-corrected chi connectivity index (χ1v) is 6.15.